The maximum Gasteiger partial charge on any atom is 0.161 e. The average molecular weight is 274 g/mol. The molecule has 5 heteroatoms. The molecule has 1 heterocycles. The van der Waals surface area contributed by atoms with Gasteiger partial charge < -0.3 is 14.0 Å². The first-order valence-electron chi connectivity index (χ1n) is 6.47. The number of hydrogen-bond donors (Lipinski definition) is 0. The molecule has 0 saturated carbocycles. The van der Waals surface area contributed by atoms with Crippen molar-refractivity contribution in [3.05, 3.63) is 42.0 Å². The van der Waals surface area contributed by atoms with Gasteiger partial charge in [-0.15, -0.1) is 0 Å². The summed E-state index contributed by atoms with van der Waals surface area (Å²) in [5, 5.41) is 0. The number of Topliss-reactive ketones (excluding diaryl/α,β-unsaturated/α-hetero) is 1. The van der Waals surface area contributed by atoms with Gasteiger partial charge in [0, 0.05) is 24.5 Å². The van der Waals surface area contributed by atoms with E-state index in [-0.39, 0.29) is 5.78 Å². The molecule has 0 aliphatic carbocycles. The van der Waals surface area contributed by atoms with Crippen LogP contribution in [0.1, 0.15) is 30.0 Å². The summed E-state index contributed by atoms with van der Waals surface area (Å²) >= 11 is 0. The quantitative estimate of drug-likeness (QED) is 0.760. The zero-order valence-electron chi connectivity index (χ0n) is 11.9. The average Bonchev–Trinajstić information content (AvgIpc) is 2.92. The Morgan fingerprint density at radius 3 is 2.80 bits per heavy atom. The number of carbonyl (C=O) groups is 1. The van der Waals surface area contributed by atoms with Gasteiger partial charge in [0.1, 0.15) is 12.4 Å². The maximum absolute atomic E-state index is 11.3. The molecule has 2 rings (SSSR count). The highest BCUT2D eigenvalue weighted by atomic mass is 16.5. The van der Waals surface area contributed by atoms with E-state index in [4.69, 9.17) is 9.47 Å². The Kier molecular flexibility index (Phi) is 4.40. The number of methoxy groups -OCH3 is 1. The number of rotatable bonds is 6. The minimum atomic E-state index is -0.00336. The molecule has 20 heavy (non-hydrogen) atoms. The number of ketones is 1. The Hall–Kier alpha value is -2.30. The number of carbonyl (C=O) groups excluding carboxylic acids is 1. The molecular weight excluding hydrogens is 256 g/mol. The van der Waals surface area contributed by atoms with E-state index < -0.39 is 0 Å². The van der Waals surface area contributed by atoms with Gasteiger partial charge in [0.25, 0.3) is 0 Å². The minimum Gasteiger partial charge on any atom is -0.493 e. The van der Waals surface area contributed by atoms with Gasteiger partial charge in [-0.1, -0.05) is 0 Å². The second-order valence-corrected chi connectivity index (χ2v) is 4.34. The van der Waals surface area contributed by atoms with Crippen molar-refractivity contribution < 1.29 is 14.3 Å². The minimum absolute atomic E-state index is 0.00336. The van der Waals surface area contributed by atoms with Crippen LogP contribution in [0.3, 0.4) is 0 Å². The SMILES string of the molecule is CCn1ccnc1COc1ccc(C(C)=O)cc1OC. The topological polar surface area (TPSA) is 53.4 Å². The summed E-state index contributed by atoms with van der Waals surface area (Å²) < 4.78 is 13.0. The Labute approximate surface area is 118 Å². The number of aromatic nitrogens is 2. The number of nitrogens with zero attached hydrogens (tertiary/aromatic N) is 2. The molecule has 0 unspecified atom stereocenters. The molecule has 1 aromatic carbocycles. The normalized spacial score (nSPS) is 10.3. The fourth-order valence-electron chi connectivity index (χ4n) is 1.92. The van der Waals surface area contributed by atoms with Gasteiger partial charge in [0.05, 0.1) is 7.11 Å². The van der Waals surface area contributed by atoms with Crippen LogP contribution < -0.4 is 9.47 Å². The molecular formula is C15H18N2O3. The van der Waals surface area contributed by atoms with E-state index in [1.54, 1.807) is 31.5 Å². The van der Waals surface area contributed by atoms with Gasteiger partial charge in [0.2, 0.25) is 0 Å². The van der Waals surface area contributed by atoms with E-state index in [1.165, 1.54) is 6.92 Å². The Bertz CT molecular complexity index is 605. The van der Waals surface area contributed by atoms with E-state index in [9.17, 15) is 4.79 Å². The fraction of sp³-hybridized carbons (Fsp3) is 0.333. The van der Waals surface area contributed by atoms with Crippen molar-refractivity contribution in [2.75, 3.05) is 7.11 Å². The molecule has 5 nitrogen and oxygen atoms in total. The van der Waals surface area contributed by atoms with E-state index in [0.29, 0.717) is 23.7 Å². The van der Waals surface area contributed by atoms with Crippen molar-refractivity contribution in [2.24, 2.45) is 0 Å². The van der Waals surface area contributed by atoms with Crippen molar-refractivity contribution in [1.29, 1.82) is 0 Å². The molecule has 0 N–H and O–H groups in total. The summed E-state index contributed by atoms with van der Waals surface area (Å²) in [6.07, 6.45) is 3.66. The van der Waals surface area contributed by atoms with Crippen LogP contribution in [0.5, 0.6) is 11.5 Å². The summed E-state index contributed by atoms with van der Waals surface area (Å²) in [4.78, 5) is 15.6. The van der Waals surface area contributed by atoms with Gasteiger partial charge in [-0.2, -0.15) is 0 Å². The summed E-state index contributed by atoms with van der Waals surface area (Å²) in [7, 11) is 1.55. The molecule has 0 fully saturated rings. The zero-order chi connectivity index (χ0) is 14.5. The van der Waals surface area contributed by atoms with Gasteiger partial charge in [-0.3, -0.25) is 4.79 Å². The first-order valence-corrected chi connectivity index (χ1v) is 6.47. The summed E-state index contributed by atoms with van der Waals surface area (Å²) in [5.74, 6) is 2.00. The lowest BCUT2D eigenvalue weighted by molar-refractivity contribution is 0.101. The molecule has 0 aliphatic rings. The third-order valence-corrected chi connectivity index (χ3v) is 3.07. The number of ether oxygens (including phenoxy) is 2. The van der Waals surface area contributed by atoms with Crippen LogP contribution in [0.4, 0.5) is 0 Å². The molecule has 0 atom stereocenters. The first kappa shape index (κ1) is 14.1. The smallest absolute Gasteiger partial charge is 0.161 e. The second kappa shape index (κ2) is 6.23. The first-order chi connectivity index (χ1) is 9.65. The molecule has 0 saturated heterocycles. The number of benzene rings is 1. The van der Waals surface area contributed by atoms with Crippen molar-refractivity contribution >= 4 is 5.78 Å². The highest BCUT2D eigenvalue weighted by molar-refractivity contribution is 5.94. The second-order valence-electron chi connectivity index (χ2n) is 4.34. The molecule has 0 spiro atoms. The zero-order valence-corrected chi connectivity index (χ0v) is 11.9. The highest BCUT2D eigenvalue weighted by Crippen LogP contribution is 2.28. The molecule has 106 valence electrons. The van der Waals surface area contributed by atoms with Crippen LogP contribution in [0.25, 0.3) is 0 Å². The van der Waals surface area contributed by atoms with Crippen LogP contribution in [-0.4, -0.2) is 22.4 Å². The largest absolute Gasteiger partial charge is 0.493 e. The predicted molar refractivity (Wildman–Crippen MR) is 75.2 cm³/mol. The Morgan fingerprint density at radius 2 is 2.15 bits per heavy atom. The number of aryl methyl sites for hydroxylation is 1. The summed E-state index contributed by atoms with van der Waals surface area (Å²) in [5.41, 5.74) is 0.601. The summed E-state index contributed by atoms with van der Waals surface area (Å²) in [6, 6.07) is 5.16. The third-order valence-electron chi connectivity index (χ3n) is 3.07. The molecule has 0 bridgehead atoms. The lowest BCUT2D eigenvalue weighted by Crippen LogP contribution is -2.06. The van der Waals surface area contributed by atoms with Crippen LogP contribution in [0.2, 0.25) is 0 Å². The number of imidazole rings is 1. The van der Waals surface area contributed by atoms with Crippen LogP contribution >= 0.6 is 0 Å². The molecule has 0 amide bonds. The van der Waals surface area contributed by atoms with E-state index in [2.05, 4.69) is 4.98 Å². The lowest BCUT2D eigenvalue weighted by Gasteiger charge is -2.12. The van der Waals surface area contributed by atoms with E-state index in [0.717, 1.165) is 12.4 Å². The predicted octanol–water partition coefficient (Wildman–Crippen LogP) is 2.69. The number of hydrogen-bond acceptors (Lipinski definition) is 4. The monoisotopic (exact) mass is 274 g/mol. The standard InChI is InChI=1S/C15H18N2O3/c1-4-17-8-7-16-15(17)10-20-13-6-5-12(11(2)18)9-14(13)19-3/h5-9H,4,10H2,1-3H3. The summed E-state index contributed by atoms with van der Waals surface area (Å²) in [6.45, 7) is 4.77. The lowest BCUT2D eigenvalue weighted by atomic mass is 10.1. The highest BCUT2D eigenvalue weighted by Gasteiger charge is 2.10. The van der Waals surface area contributed by atoms with E-state index in [1.807, 2.05) is 17.7 Å². The van der Waals surface area contributed by atoms with Crippen LogP contribution in [-0.2, 0) is 13.2 Å². The molecule has 1 aromatic heterocycles. The Morgan fingerprint density at radius 1 is 1.35 bits per heavy atom. The molecule has 2 aromatic rings. The van der Waals surface area contributed by atoms with Crippen molar-refractivity contribution in [3.8, 4) is 11.5 Å². The third kappa shape index (κ3) is 2.99. The molecule has 0 aliphatic heterocycles. The van der Waals surface area contributed by atoms with Crippen molar-refractivity contribution in [2.45, 2.75) is 27.0 Å². The van der Waals surface area contributed by atoms with Gasteiger partial charge in [0.15, 0.2) is 17.3 Å². The molecule has 0 radical (unpaired) electrons. The van der Waals surface area contributed by atoms with Crippen LogP contribution in [0, 0.1) is 0 Å². The van der Waals surface area contributed by atoms with Gasteiger partial charge in [-0.05, 0) is 32.0 Å². The fourth-order valence-corrected chi connectivity index (χ4v) is 1.92. The van der Waals surface area contributed by atoms with Crippen molar-refractivity contribution in [1.82, 2.24) is 9.55 Å². The van der Waals surface area contributed by atoms with Gasteiger partial charge in [-0.25, -0.2) is 4.98 Å². The van der Waals surface area contributed by atoms with Crippen molar-refractivity contribution in [3.63, 3.8) is 0 Å². The Balaban J connectivity index is 2.15. The van der Waals surface area contributed by atoms with Gasteiger partial charge >= 0.3 is 0 Å². The van der Waals surface area contributed by atoms with E-state index >= 15 is 0 Å². The maximum atomic E-state index is 11.3. The van der Waals surface area contributed by atoms with Crippen LogP contribution in [0.15, 0.2) is 30.6 Å².